The van der Waals surface area contributed by atoms with E-state index in [1.807, 2.05) is 41.8 Å². The van der Waals surface area contributed by atoms with E-state index in [2.05, 4.69) is 15.5 Å². The van der Waals surface area contributed by atoms with Crippen LogP contribution in [-0.4, -0.2) is 50.2 Å². The SMILES string of the molecule is COc1ccc([C@H]2CC(c3cccs3)=NN2C(=O)CSc2nnc(CNC(=O)c3cccc(F)c3)n2-c2ccc(F)cc2)cc1. The fraction of sp³-hybridized carbons (Fsp3) is 0.156. The summed E-state index contributed by atoms with van der Waals surface area (Å²) in [7, 11) is 1.60. The molecular weight excluding hydrogens is 619 g/mol. The number of halogens is 2. The highest BCUT2D eigenvalue weighted by molar-refractivity contribution is 7.99. The number of ether oxygens (including phenoxy) is 1. The van der Waals surface area contributed by atoms with Gasteiger partial charge in [0.05, 0.1) is 36.0 Å². The highest BCUT2D eigenvalue weighted by Crippen LogP contribution is 2.35. The van der Waals surface area contributed by atoms with E-state index in [9.17, 15) is 18.4 Å². The molecule has 45 heavy (non-hydrogen) atoms. The Morgan fingerprint density at radius 1 is 1.00 bits per heavy atom. The number of hydrogen-bond acceptors (Lipinski definition) is 8. The van der Waals surface area contributed by atoms with Crippen molar-refractivity contribution < 1.29 is 23.1 Å². The standard InChI is InChI=1S/C32H26F2N6O3S2/c1-43-25-13-7-20(8-14-25)27-17-26(28-6-3-15-44-28)38-40(27)30(41)19-45-32-37-36-29(39(32)24-11-9-22(33)10-12-24)18-35-31(42)21-4-2-5-23(34)16-21/h2-16,27H,17-19H2,1H3,(H,35,42)/t27-/m1/s1. The number of amides is 2. The van der Waals surface area contributed by atoms with Crippen molar-refractivity contribution in [3.63, 3.8) is 0 Å². The highest BCUT2D eigenvalue weighted by Gasteiger charge is 2.33. The molecule has 2 aromatic heterocycles. The van der Waals surface area contributed by atoms with Gasteiger partial charge in [-0.3, -0.25) is 14.2 Å². The van der Waals surface area contributed by atoms with E-state index >= 15 is 0 Å². The Labute approximate surface area is 265 Å². The third-order valence-electron chi connectivity index (χ3n) is 7.08. The van der Waals surface area contributed by atoms with Crippen LogP contribution in [0.25, 0.3) is 5.69 Å². The van der Waals surface area contributed by atoms with Gasteiger partial charge in [-0.05, 0) is 71.6 Å². The largest absolute Gasteiger partial charge is 0.497 e. The van der Waals surface area contributed by atoms with E-state index in [0.29, 0.717) is 28.8 Å². The van der Waals surface area contributed by atoms with Crippen molar-refractivity contribution >= 4 is 40.6 Å². The molecule has 1 N–H and O–H groups in total. The van der Waals surface area contributed by atoms with Crippen LogP contribution in [0.3, 0.4) is 0 Å². The van der Waals surface area contributed by atoms with Gasteiger partial charge in [-0.2, -0.15) is 5.10 Å². The summed E-state index contributed by atoms with van der Waals surface area (Å²) in [6, 6.07) is 22.3. The van der Waals surface area contributed by atoms with Crippen LogP contribution < -0.4 is 10.1 Å². The van der Waals surface area contributed by atoms with Gasteiger partial charge in [-0.25, -0.2) is 13.8 Å². The second-order valence-electron chi connectivity index (χ2n) is 9.95. The summed E-state index contributed by atoms with van der Waals surface area (Å²) in [6.07, 6.45) is 0.560. The van der Waals surface area contributed by atoms with Crippen LogP contribution in [0, 0.1) is 11.6 Å². The maximum atomic E-state index is 13.8. The lowest BCUT2D eigenvalue weighted by molar-refractivity contribution is -0.130. The van der Waals surface area contributed by atoms with Crippen LogP contribution in [0.5, 0.6) is 5.75 Å². The van der Waals surface area contributed by atoms with Crippen LogP contribution in [-0.2, 0) is 11.3 Å². The molecule has 9 nitrogen and oxygen atoms in total. The van der Waals surface area contributed by atoms with Crippen LogP contribution in [0.4, 0.5) is 8.78 Å². The Morgan fingerprint density at radius 3 is 2.51 bits per heavy atom. The number of hydrogen-bond donors (Lipinski definition) is 1. The van der Waals surface area contributed by atoms with Gasteiger partial charge in [0.1, 0.15) is 17.4 Å². The molecule has 0 saturated carbocycles. The number of benzene rings is 3. The minimum atomic E-state index is -0.528. The number of methoxy groups -OCH3 is 1. The van der Waals surface area contributed by atoms with Crippen molar-refractivity contribution in [2.24, 2.45) is 5.10 Å². The van der Waals surface area contributed by atoms with Crippen molar-refractivity contribution in [3.05, 3.63) is 124 Å². The molecule has 3 aromatic carbocycles. The van der Waals surface area contributed by atoms with Crippen LogP contribution in [0.1, 0.15) is 39.1 Å². The third kappa shape index (κ3) is 6.79. The average molecular weight is 645 g/mol. The molecule has 6 rings (SSSR count). The molecule has 0 fully saturated rings. The van der Waals surface area contributed by atoms with Gasteiger partial charge in [0.2, 0.25) is 0 Å². The minimum Gasteiger partial charge on any atom is -0.497 e. The Morgan fingerprint density at radius 2 is 1.80 bits per heavy atom. The Kier molecular flexibility index (Phi) is 8.98. The lowest BCUT2D eigenvalue weighted by Gasteiger charge is -2.22. The summed E-state index contributed by atoms with van der Waals surface area (Å²) < 4.78 is 34.4. The molecule has 0 aliphatic carbocycles. The average Bonchev–Trinajstić information content (AvgIpc) is 3.83. The molecule has 228 valence electrons. The molecule has 0 radical (unpaired) electrons. The van der Waals surface area contributed by atoms with E-state index < -0.39 is 17.5 Å². The number of carbonyl (C=O) groups is 2. The number of hydrazone groups is 1. The number of nitrogens with one attached hydrogen (secondary N) is 1. The molecule has 5 aromatic rings. The summed E-state index contributed by atoms with van der Waals surface area (Å²) in [5.41, 5.74) is 2.45. The first-order valence-corrected chi connectivity index (χ1v) is 15.7. The topological polar surface area (TPSA) is 102 Å². The number of nitrogens with zero attached hydrogens (tertiary/aromatic N) is 5. The zero-order chi connectivity index (χ0) is 31.3. The third-order valence-corrected chi connectivity index (χ3v) is 8.91. The molecule has 0 spiro atoms. The van der Waals surface area contributed by atoms with Gasteiger partial charge in [0.15, 0.2) is 11.0 Å². The summed E-state index contributed by atoms with van der Waals surface area (Å²) in [4.78, 5) is 27.4. The number of rotatable bonds is 10. The number of thiophene rings is 1. The Hall–Kier alpha value is -4.88. The first-order chi connectivity index (χ1) is 21.9. The first-order valence-electron chi connectivity index (χ1n) is 13.8. The van der Waals surface area contributed by atoms with Crippen molar-refractivity contribution in [2.45, 2.75) is 24.2 Å². The molecule has 1 atom stereocenters. The quantitative estimate of drug-likeness (QED) is 0.187. The number of thioether (sulfide) groups is 1. The zero-order valence-corrected chi connectivity index (χ0v) is 25.5. The van der Waals surface area contributed by atoms with Gasteiger partial charge in [-0.15, -0.1) is 21.5 Å². The molecule has 0 bridgehead atoms. The first kappa shape index (κ1) is 30.2. The van der Waals surface area contributed by atoms with E-state index in [1.54, 1.807) is 35.1 Å². The normalized spacial score (nSPS) is 14.3. The monoisotopic (exact) mass is 644 g/mol. The molecule has 1 aliphatic heterocycles. The minimum absolute atomic E-state index is 0.0111. The number of carbonyl (C=O) groups excluding carboxylic acids is 2. The summed E-state index contributed by atoms with van der Waals surface area (Å²) in [6.45, 7) is -0.0473. The molecule has 13 heteroatoms. The smallest absolute Gasteiger partial charge is 0.253 e. The fourth-order valence-corrected chi connectivity index (χ4v) is 6.40. The second-order valence-corrected chi connectivity index (χ2v) is 11.8. The predicted molar refractivity (Wildman–Crippen MR) is 168 cm³/mol. The van der Waals surface area contributed by atoms with E-state index in [1.165, 1.54) is 35.3 Å². The van der Waals surface area contributed by atoms with Crippen LogP contribution in [0.2, 0.25) is 0 Å². The predicted octanol–water partition coefficient (Wildman–Crippen LogP) is 6.02. The summed E-state index contributed by atoms with van der Waals surface area (Å²) in [5, 5.41) is 19.8. The van der Waals surface area contributed by atoms with E-state index in [-0.39, 0.29) is 29.8 Å². The molecule has 3 heterocycles. The molecule has 1 aliphatic rings. The highest BCUT2D eigenvalue weighted by atomic mass is 32.2. The van der Waals surface area contributed by atoms with Crippen LogP contribution >= 0.6 is 23.1 Å². The molecule has 0 unspecified atom stereocenters. The lowest BCUT2D eigenvalue weighted by Crippen LogP contribution is -2.28. The van der Waals surface area contributed by atoms with Gasteiger partial charge >= 0.3 is 0 Å². The Bertz CT molecular complexity index is 1840. The molecular formula is C32H26F2N6O3S2. The van der Waals surface area contributed by atoms with Gasteiger partial charge in [-0.1, -0.05) is 36.0 Å². The lowest BCUT2D eigenvalue weighted by atomic mass is 10.0. The van der Waals surface area contributed by atoms with Crippen molar-refractivity contribution in [3.8, 4) is 11.4 Å². The van der Waals surface area contributed by atoms with Crippen molar-refractivity contribution in [2.75, 3.05) is 12.9 Å². The maximum Gasteiger partial charge on any atom is 0.253 e. The fourth-order valence-electron chi connectivity index (χ4n) is 4.86. The Balaban J connectivity index is 1.23. The summed E-state index contributed by atoms with van der Waals surface area (Å²) in [5.74, 6) is -0.630. The van der Waals surface area contributed by atoms with Crippen molar-refractivity contribution in [1.29, 1.82) is 0 Å². The van der Waals surface area contributed by atoms with Gasteiger partial charge in [0, 0.05) is 17.7 Å². The van der Waals surface area contributed by atoms with Crippen LogP contribution in [0.15, 0.2) is 101 Å². The molecule has 2 amide bonds. The maximum absolute atomic E-state index is 13.8. The van der Waals surface area contributed by atoms with Gasteiger partial charge in [0.25, 0.3) is 11.8 Å². The number of aromatic nitrogens is 3. The second kappa shape index (κ2) is 13.4. The zero-order valence-electron chi connectivity index (χ0n) is 23.9. The van der Waals surface area contributed by atoms with E-state index in [0.717, 1.165) is 34.0 Å². The van der Waals surface area contributed by atoms with E-state index in [4.69, 9.17) is 9.84 Å². The van der Waals surface area contributed by atoms with Crippen molar-refractivity contribution in [1.82, 2.24) is 25.1 Å². The van der Waals surface area contributed by atoms with Gasteiger partial charge < -0.3 is 10.1 Å². The summed E-state index contributed by atoms with van der Waals surface area (Å²) >= 11 is 2.72. The molecule has 0 saturated heterocycles.